The second-order valence-electron chi connectivity index (χ2n) is 1.48. The van der Waals surface area contributed by atoms with Gasteiger partial charge in [0.15, 0.2) is 0 Å². The second-order valence-corrected chi connectivity index (χ2v) is 1.67. The smallest absolute Gasteiger partial charge is 0.267 e. The van der Waals surface area contributed by atoms with E-state index in [1.807, 2.05) is 13.8 Å². The summed E-state index contributed by atoms with van der Waals surface area (Å²) >= 11 is 4.17. The molecule has 0 fully saturated rings. The Hall–Kier alpha value is -0.110. The summed E-state index contributed by atoms with van der Waals surface area (Å²) in [5.41, 5.74) is 0. The molecule has 2 heteroatoms. The normalized spacial score (nSPS) is 11.2. The fourth-order valence-electron chi connectivity index (χ4n) is 0.111. The van der Waals surface area contributed by atoms with Gasteiger partial charge in [-0.3, -0.25) is 0 Å². The minimum atomic E-state index is 0.447. The number of aldehydes is 1. The molecule has 0 aliphatic heterocycles. The maximum atomic E-state index is 4.26. The third kappa shape index (κ3) is 3.89. The molecule has 36 valence electrons. The fourth-order valence-corrected chi connectivity index (χ4v) is 0.333. The van der Waals surface area contributed by atoms with E-state index in [2.05, 4.69) is 16.8 Å². The van der Waals surface area contributed by atoms with E-state index in [9.17, 15) is 0 Å². The van der Waals surface area contributed by atoms with Crippen LogP contribution in [-0.4, -0.2) is 6.29 Å². The molecule has 0 aromatic carbocycles. The van der Waals surface area contributed by atoms with Gasteiger partial charge in [-0.1, -0.05) is 13.8 Å². The van der Waals surface area contributed by atoms with Crippen molar-refractivity contribution >= 4 is 19.2 Å². The van der Waals surface area contributed by atoms with Crippen molar-refractivity contribution in [2.24, 2.45) is 5.92 Å². The molecule has 0 atom stereocenters. The third-order valence-electron chi connectivity index (χ3n) is 0.328. The summed E-state index contributed by atoms with van der Waals surface area (Å²) < 4.78 is 4.26. The van der Waals surface area contributed by atoms with E-state index in [1.165, 1.54) is 0 Å². The van der Waals surface area contributed by atoms with E-state index >= 15 is 0 Å². The molecule has 0 aromatic heterocycles. The molecule has 0 bridgehead atoms. The first kappa shape index (κ1) is 5.89. The van der Waals surface area contributed by atoms with Crippen molar-refractivity contribution < 1.29 is 3.87 Å². The summed E-state index contributed by atoms with van der Waals surface area (Å²) in [6.07, 6.45) is 1.61. The molecule has 0 amide bonds. The van der Waals surface area contributed by atoms with Crippen molar-refractivity contribution in [3.63, 3.8) is 0 Å². The molecule has 0 unspecified atom stereocenters. The summed E-state index contributed by atoms with van der Waals surface area (Å²) in [5, 5.41) is 0. The van der Waals surface area contributed by atoms with E-state index in [1.54, 1.807) is 6.29 Å². The average Bonchev–Trinajstić information content (AvgIpc) is 1.35. The van der Waals surface area contributed by atoms with Gasteiger partial charge < -0.3 is 3.87 Å². The summed E-state index contributed by atoms with van der Waals surface area (Å²) in [5.74, 6) is 0.447. The van der Waals surface area contributed by atoms with Crippen molar-refractivity contribution in [1.82, 2.24) is 0 Å². The highest BCUT2D eigenvalue weighted by Gasteiger charge is 1.87. The molecule has 0 N–H and O–H groups in total. The average molecular weight is 104 g/mol. The maximum absolute atomic E-state index is 4.26. The van der Waals surface area contributed by atoms with Crippen molar-refractivity contribution in [1.29, 1.82) is 0 Å². The molecule has 0 rings (SSSR count). The van der Waals surface area contributed by atoms with Crippen LogP contribution in [0.5, 0.6) is 0 Å². The van der Waals surface area contributed by atoms with Crippen LogP contribution in [0.2, 0.25) is 0 Å². The van der Waals surface area contributed by atoms with Gasteiger partial charge in [0.1, 0.15) is 0 Å². The first-order chi connectivity index (χ1) is 2.77. The van der Waals surface area contributed by atoms with Crippen LogP contribution in [0.15, 0.2) is 0 Å². The van der Waals surface area contributed by atoms with Gasteiger partial charge in [-0.15, -0.1) is 0 Å². The predicted molar refractivity (Wildman–Crippen MR) is 28.3 cm³/mol. The van der Waals surface area contributed by atoms with Gasteiger partial charge in [-0.05, 0) is 0 Å². The zero-order chi connectivity index (χ0) is 4.99. The van der Waals surface area contributed by atoms with Crippen LogP contribution in [0.4, 0.5) is 0 Å². The quantitative estimate of drug-likeness (QED) is 0.272. The van der Waals surface area contributed by atoms with Crippen LogP contribution in [0, 0.1) is 5.92 Å². The molecule has 0 aromatic rings. The Morgan fingerprint density at radius 2 is 2.17 bits per heavy atom. The Bertz CT molecular complexity index is 49.5. The maximum Gasteiger partial charge on any atom is 0.267 e. The SMILES string of the molecule is CC(C)C=[O+][S-]. The summed E-state index contributed by atoms with van der Waals surface area (Å²) in [7, 11) is 0. The molecular formula is C4H8OS. The fraction of sp³-hybridized carbons (Fsp3) is 0.750. The van der Waals surface area contributed by atoms with E-state index in [0.29, 0.717) is 5.92 Å². The second kappa shape index (κ2) is 3.09. The molecule has 0 saturated carbocycles. The molecule has 6 heavy (non-hydrogen) atoms. The Morgan fingerprint density at radius 1 is 1.67 bits per heavy atom. The number of rotatable bonds is 1. The topological polar surface area (TPSA) is 11.3 Å². The Balaban J connectivity index is 3.03. The number of hydrogen-bond acceptors (Lipinski definition) is 1. The summed E-state index contributed by atoms with van der Waals surface area (Å²) in [4.78, 5) is 0. The first-order valence-electron chi connectivity index (χ1n) is 1.89. The van der Waals surface area contributed by atoms with Crippen LogP contribution in [-0.2, 0) is 16.8 Å². The van der Waals surface area contributed by atoms with E-state index in [0.717, 1.165) is 0 Å². The lowest BCUT2D eigenvalue weighted by atomic mass is 10.3. The Kier molecular flexibility index (Phi) is 3.04. The van der Waals surface area contributed by atoms with E-state index in [-0.39, 0.29) is 0 Å². The summed E-state index contributed by atoms with van der Waals surface area (Å²) in [6, 6.07) is 0. The highest BCUT2D eigenvalue weighted by molar-refractivity contribution is 7.50. The standard InChI is InChI=1S/C4H8OS/c1-4(2)3-5-6/h3-4H,1-2H3. The van der Waals surface area contributed by atoms with E-state index in [4.69, 9.17) is 0 Å². The van der Waals surface area contributed by atoms with Crippen LogP contribution in [0.25, 0.3) is 0 Å². The van der Waals surface area contributed by atoms with Crippen molar-refractivity contribution in [2.45, 2.75) is 13.8 Å². The van der Waals surface area contributed by atoms with E-state index < -0.39 is 0 Å². The van der Waals surface area contributed by atoms with Gasteiger partial charge in [-0.2, -0.15) is 0 Å². The first-order valence-corrected chi connectivity index (χ1v) is 2.22. The monoisotopic (exact) mass is 104 g/mol. The highest BCUT2D eigenvalue weighted by atomic mass is 32.1. The van der Waals surface area contributed by atoms with Gasteiger partial charge in [0, 0.05) is 0 Å². The summed E-state index contributed by atoms with van der Waals surface area (Å²) in [6.45, 7) is 4.01. The van der Waals surface area contributed by atoms with Crippen molar-refractivity contribution in [3.8, 4) is 0 Å². The van der Waals surface area contributed by atoms with Crippen LogP contribution < -0.4 is 0 Å². The molecule has 0 saturated heterocycles. The van der Waals surface area contributed by atoms with Crippen LogP contribution in [0.1, 0.15) is 13.8 Å². The molecule has 0 radical (unpaired) electrons. The zero-order valence-corrected chi connectivity index (χ0v) is 4.79. The molecular weight excluding hydrogens is 96.1 g/mol. The minimum Gasteiger partial charge on any atom is -0.359 e. The zero-order valence-electron chi connectivity index (χ0n) is 3.97. The van der Waals surface area contributed by atoms with Crippen LogP contribution >= 0.6 is 0 Å². The third-order valence-corrected chi connectivity index (χ3v) is 0.439. The molecule has 0 heterocycles. The lowest BCUT2D eigenvalue weighted by molar-refractivity contribution is -0.237. The largest absolute Gasteiger partial charge is 0.359 e. The van der Waals surface area contributed by atoms with Gasteiger partial charge in [0.25, 0.3) is 6.29 Å². The number of carbonyl (C=O) groups excluding carboxylic acids is 1. The molecule has 0 aliphatic carbocycles. The minimum absolute atomic E-state index is 0.447. The van der Waals surface area contributed by atoms with Crippen molar-refractivity contribution in [2.75, 3.05) is 0 Å². The highest BCUT2D eigenvalue weighted by Crippen LogP contribution is 1.80. The molecule has 1 nitrogen and oxygen atoms in total. The Morgan fingerprint density at radius 3 is 2.17 bits per heavy atom. The van der Waals surface area contributed by atoms with Gasteiger partial charge >= 0.3 is 0 Å². The molecule has 0 aliphatic rings. The predicted octanol–water partition coefficient (Wildman–Crippen LogP) is 0.839. The Labute approximate surface area is 43.7 Å². The van der Waals surface area contributed by atoms with Crippen LogP contribution in [0.3, 0.4) is 0 Å². The van der Waals surface area contributed by atoms with Gasteiger partial charge in [0.05, 0.1) is 5.92 Å². The number of hydrogen-bond donors (Lipinski definition) is 0. The van der Waals surface area contributed by atoms with Crippen molar-refractivity contribution in [3.05, 3.63) is 0 Å². The lowest BCUT2D eigenvalue weighted by Crippen LogP contribution is -1.86. The van der Waals surface area contributed by atoms with Gasteiger partial charge in [-0.25, -0.2) is 12.9 Å². The molecule has 0 spiro atoms. The van der Waals surface area contributed by atoms with Gasteiger partial charge in [0.2, 0.25) is 0 Å². The lowest BCUT2D eigenvalue weighted by Gasteiger charge is -1.79.